The van der Waals surface area contributed by atoms with Gasteiger partial charge in [0, 0.05) is 48.1 Å². The van der Waals surface area contributed by atoms with Gasteiger partial charge in [-0.25, -0.2) is 36.5 Å². The molecule has 3 heterocycles. The van der Waals surface area contributed by atoms with Gasteiger partial charge < -0.3 is 15.4 Å². The van der Waals surface area contributed by atoms with Crippen LogP contribution < -0.4 is 20.1 Å². The molecule has 2 aromatic heterocycles. The maximum atomic E-state index is 15.0. The van der Waals surface area contributed by atoms with E-state index in [0.717, 1.165) is 32.0 Å². The first-order valence-electron chi connectivity index (χ1n) is 14.1. The third-order valence-corrected chi connectivity index (χ3v) is 9.29. The van der Waals surface area contributed by atoms with E-state index in [1.54, 1.807) is 43.6 Å². The number of rotatable bonds is 9. The number of ether oxygens (including phenoxy) is 1. The minimum atomic E-state index is -4.27. The molecule has 0 radical (unpaired) electrons. The molecule has 1 aliphatic heterocycles. The first-order valence-corrected chi connectivity index (χ1v) is 15.8. The number of alkyl halides is 2. The lowest BCUT2D eigenvalue weighted by Crippen LogP contribution is -2.43. The van der Waals surface area contributed by atoms with Crippen LogP contribution in [0.2, 0.25) is 0 Å². The topological polar surface area (TPSA) is 118 Å². The Morgan fingerprint density at radius 3 is 2.61 bits per heavy atom. The minimum Gasteiger partial charge on any atom is -0.437 e. The summed E-state index contributed by atoms with van der Waals surface area (Å²) in [5.74, 6) is -4.92. The van der Waals surface area contributed by atoms with E-state index in [0.29, 0.717) is 33.9 Å². The van der Waals surface area contributed by atoms with Gasteiger partial charge in [0.05, 0.1) is 22.7 Å². The van der Waals surface area contributed by atoms with Crippen LogP contribution in [-0.2, 0) is 10.0 Å². The molecule has 1 saturated heterocycles. The minimum absolute atomic E-state index is 0. The van der Waals surface area contributed by atoms with Gasteiger partial charge in [-0.1, -0.05) is 12.1 Å². The number of aromatic nitrogens is 3. The van der Waals surface area contributed by atoms with Crippen LogP contribution in [0.25, 0.3) is 22.0 Å². The quantitative estimate of drug-likeness (QED) is 0.193. The summed E-state index contributed by atoms with van der Waals surface area (Å²) in [6.07, 6.45) is 5.04. The zero-order valence-electron chi connectivity index (χ0n) is 23.8. The van der Waals surface area contributed by atoms with E-state index in [9.17, 15) is 17.2 Å². The van der Waals surface area contributed by atoms with Crippen molar-refractivity contribution in [1.29, 1.82) is 0 Å². The van der Waals surface area contributed by atoms with Crippen LogP contribution >= 0.6 is 12.4 Å². The maximum Gasteiger partial charge on any atom is 0.252 e. The SMILES string of the molecule is Cc1ccc2c(NS(=O)(=O)C[C@H]3CCC3(F)F)c(F)ccc2c1Oc1ncccc1-c1ccnc(NC2CCCNC2)n1.Cl. The standard InChI is InChI=1S/C30H31F3N6O3S.ClH/c1-18-6-7-21-22(8-9-24(31)26(21)39-43(40,41)17-19-10-12-30(19,32)33)27(18)42-28-23(5-3-14-35-28)25-11-15-36-29(38-25)37-20-4-2-13-34-16-20;/h3,5-9,11,14-15,19-20,34,39H,2,4,10,12-13,16-17H2,1H3,(H,36,37,38);1H/t19-,20?;/m1./s1. The summed E-state index contributed by atoms with van der Waals surface area (Å²) < 4.78 is 76.8. The van der Waals surface area contributed by atoms with Crippen molar-refractivity contribution >= 4 is 44.8 Å². The van der Waals surface area contributed by atoms with Crippen molar-refractivity contribution in [2.45, 2.75) is 44.6 Å². The van der Waals surface area contributed by atoms with Crippen molar-refractivity contribution in [1.82, 2.24) is 20.3 Å². The monoisotopic (exact) mass is 648 g/mol. The highest BCUT2D eigenvalue weighted by atomic mass is 35.5. The smallest absolute Gasteiger partial charge is 0.252 e. The van der Waals surface area contributed by atoms with E-state index >= 15 is 4.39 Å². The highest BCUT2D eigenvalue weighted by molar-refractivity contribution is 7.92. The second-order valence-electron chi connectivity index (χ2n) is 11.0. The molecule has 4 aromatic rings. The van der Waals surface area contributed by atoms with Gasteiger partial charge in [-0.15, -0.1) is 12.4 Å². The molecule has 2 atom stereocenters. The van der Waals surface area contributed by atoms with Crippen LogP contribution in [0.4, 0.5) is 24.8 Å². The molecule has 2 fully saturated rings. The number of halogens is 4. The number of nitrogens with zero attached hydrogens (tertiary/aromatic N) is 3. The highest BCUT2D eigenvalue weighted by Crippen LogP contribution is 2.45. The van der Waals surface area contributed by atoms with Gasteiger partial charge in [0.25, 0.3) is 5.92 Å². The molecule has 234 valence electrons. The third-order valence-electron chi connectivity index (χ3n) is 7.93. The fraction of sp³-hybridized carbons (Fsp3) is 0.367. The Bertz CT molecular complexity index is 1770. The van der Waals surface area contributed by atoms with Gasteiger partial charge in [-0.3, -0.25) is 4.72 Å². The molecule has 2 aliphatic rings. The van der Waals surface area contributed by atoms with Gasteiger partial charge in [-0.2, -0.15) is 0 Å². The molecule has 44 heavy (non-hydrogen) atoms. The second-order valence-corrected chi connectivity index (χ2v) is 12.8. The number of nitrogens with one attached hydrogen (secondary N) is 3. The predicted octanol–water partition coefficient (Wildman–Crippen LogP) is 6.30. The van der Waals surface area contributed by atoms with E-state index in [4.69, 9.17) is 4.74 Å². The lowest BCUT2D eigenvalue weighted by Gasteiger charge is -2.35. The van der Waals surface area contributed by atoms with Crippen molar-refractivity contribution in [2.75, 3.05) is 28.9 Å². The molecule has 0 amide bonds. The zero-order chi connectivity index (χ0) is 30.2. The Hall–Kier alpha value is -3.68. The summed E-state index contributed by atoms with van der Waals surface area (Å²) in [4.78, 5) is 13.5. The van der Waals surface area contributed by atoms with E-state index in [1.165, 1.54) is 6.07 Å². The second kappa shape index (κ2) is 12.7. The lowest BCUT2D eigenvalue weighted by molar-refractivity contribution is -0.122. The van der Waals surface area contributed by atoms with E-state index < -0.39 is 33.4 Å². The number of piperidine rings is 1. The number of sulfonamides is 1. The van der Waals surface area contributed by atoms with Crippen molar-refractivity contribution in [3.63, 3.8) is 0 Å². The summed E-state index contributed by atoms with van der Waals surface area (Å²) >= 11 is 0. The molecule has 1 unspecified atom stereocenters. The molecule has 1 saturated carbocycles. The average molecular weight is 649 g/mol. The first-order chi connectivity index (χ1) is 20.6. The maximum absolute atomic E-state index is 15.0. The fourth-order valence-corrected chi connectivity index (χ4v) is 6.98. The van der Waals surface area contributed by atoms with Crippen LogP contribution in [0.5, 0.6) is 11.6 Å². The largest absolute Gasteiger partial charge is 0.437 e. The number of fused-ring (bicyclic) bond motifs is 1. The molecule has 0 spiro atoms. The number of hydrogen-bond acceptors (Lipinski definition) is 8. The Kier molecular flexibility index (Phi) is 9.19. The highest BCUT2D eigenvalue weighted by Gasteiger charge is 2.50. The van der Waals surface area contributed by atoms with Gasteiger partial charge in [0.15, 0.2) is 0 Å². The zero-order valence-corrected chi connectivity index (χ0v) is 25.5. The molecule has 9 nitrogen and oxygen atoms in total. The van der Waals surface area contributed by atoms with Gasteiger partial charge in [0.1, 0.15) is 11.6 Å². The van der Waals surface area contributed by atoms with Crippen LogP contribution in [0.15, 0.2) is 54.9 Å². The number of hydrogen-bond donors (Lipinski definition) is 3. The summed E-state index contributed by atoms with van der Waals surface area (Å²) in [7, 11) is -4.27. The summed E-state index contributed by atoms with van der Waals surface area (Å²) in [5, 5.41) is 7.36. The Balaban J connectivity index is 0.00000384. The summed E-state index contributed by atoms with van der Waals surface area (Å²) in [6, 6.07) is 11.4. The van der Waals surface area contributed by atoms with Crippen molar-refractivity contribution in [3.05, 3.63) is 66.2 Å². The van der Waals surface area contributed by atoms with Crippen molar-refractivity contribution < 1.29 is 26.3 Å². The molecule has 2 aromatic carbocycles. The first kappa shape index (κ1) is 31.7. The van der Waals surface area contributed by atoms with Gasteiger partial charge >= 0.3 is 0 Å². The van der Waals surface area contributed by atoms with Crippen molar-refractivity contribution in [2.24, 2.45) is 5.92 Å². The molecule has 3 N–H and O–H groups in total. The summed E-state index contributed by atoms with van der Waals surface area (Å²) in [6.45, 7) is 3.61. The molecule has 0 bridgehead atoms. The molecular weight excluding hydrogens is 617 g/mol. The van der Waals surface area contributed by atoms with Crippen LogP contribution in [-0.4, -0.2) is 54.2 Å². The molecule has 14 heteroatoms. The van der Waals surface area contributed by atoms with E-state index in [2.05, 4.69) is 30.3 Å². The number of pyridine rings is 1. The summed E-state index contributed by atoms with van der Waals surface area (Å²) in [5.41, 5.74) is 1.54. The van der Waals surface area contributed by atoms with E-state index in [-0.39, 0.29) is 48.2 Å². The Morgan fingerprint density at radius 2 is 1.89 bits per heavy atom. The average Bonchev–Trinajstić information content (AvgIpc) is 2.99. The molecular formula is C30H32ClF3N6O3S. The fourth-order valence-electron chi connectivity index (χ4n) is 5.43. The Labute approximate surface area is 259 Å². The number of benzene rings is 2. The molecule has 6 rings (SSSR count). The third kappa shape index (κ3) is 6.69. The van der Waals surface area contributed by atoms with Crippen LogP contribution in [0, 0.1) is 18.7 Å². The predicted molar refractivity (Wildman–Crippen MR) is 166 cm³/mol. The van der Waals surface area contributed by atoms with Crippen LogP contribution in [0.1, 0.15) is 31.2 Å². The number of aryl methyl sites for hydroxylation is 1. The normalized spacial score (nSPS) is 19.5. The Morgan fingerprint density at radius 1 is 1.07 bits per heavy atom. The lowest BCUT2D eigenvalue weighted by atomic mass is 9.82. The van der Waals surface area contributed by atoms with E-state index in [1.807, 2.05) is 6.07 Å². The van der Waals surface area contributed by atoms with Gasteiger partial charge in [-0.05, 0) is 68.6 Å². The van der Waals surface area contributed by atoms with Crippen molar-refractivity contribution in [3.8, 4) is 22.9 Å². The number of anilines is 2. The van der Waals surface area contributed by atoms with Crippen LogP contribution in [0.3, 0.4) is 0 Å². The van der Waals surface area contributed by atoms with Gasteiger partial charge in [0.2, 0.25) is 21.9 Å². The molecule has 1 aliphatic carbocycles.